The first-order valence-corrected chi connectivity index (χ1v) is 9.48. The van der Waals surface area contributed by atoms with Crippen molar-refractivity contribution in [2.24, 2.45) is 0 Å². The normalized spacial score (nSPS) is 9.75. The number of carbonyl (C=O) groups excluding carboxylic acids is 1. The lowest BCUT2D eigenvalue weighted by molar-refractivity contribution is -0.118. The fraction of sp³-hybridized carbons (Fsp3) is 0.435. The molecule has 0 spiro atoms. The maximum absolute atomic E-state index is 11.9. The van der Waals surface area contributed by atoms with E-state index in [4.69, 9.17) is 18.9 Å². The van der Waals surface area contributed by atoms with Gasteiger partial charge in [-0.15, -0.1) is 0 Å². The molecule has 0 heterocycles. The highest BCUT2D eigenvalue weighted by Gasteiger charge is 2.10. The van der Waals surface area contributed by atoms with E-state index in [1.165, 1.54) is 0 Å². The number of methoxy groups -OCH3 is 4. The van der Waals surface area contributed by atoms with Gasteiger partial charge in [0.25, 0.3) is 0 Å². The maximum Gasteiger partial charge on any atom is 0.137 e. The Morgan fingerprint density at radius 3 is 1.75 bits per heavy atom. The van der Waals surface area contributed by atoms with Gasteiger partial charge in [-0.05, 0) is 48.9 Å². The number of Topliss-reactive ketones (excluding diaryl/α,β-unsaturated/α-hetero) is 1. The molecule has 0 aliphatic heterocycles. The van der Waals surface area contributed by atoms with Crippen LogP contribution in [0.4, 0.5) is 0 Å². The lowest BCUT2D eigenvalue weighted by atomic mass is 10.0. The molecule has 2 aromatic rings. The molecule has 0 radical (unpaired) electrons. The molecule has 5 heteroatoms. The third-order valence-corrected chi connectivity index (χ3v) is 4.23. The van der Waals surface area contributed by atoms with Crippen molar-refractivity contribution >= 4 is 5.78 Å². The minimum absolute atomic E-state index is 0.259. The fourth-order valence-corrected chi connectivity index (χ4v) is 2.60. The molecule has 0 aliphatic carbocycles. The van der Waals surface area contributed by atoms with Crippen molar-refractivity contribution in [1.29, 1.82) is 0 Å². The molecule has 0 atom stereocenters. The van der Waals surface area contributed by atoms with Gasteiger partial charge >= 0.3 is 0 Å². The Bertz CT molecular complexity index is 672. The Balaban J connectivity index is 0.000000330. The smallest absolute Gasteiger partial charge is 0.137 e. The van der Waals surface area contributed by atoms with Gasteiger partial charge in [-0.25, -0.2) is 0 Å². The standard InChI is InChI=1S/C15H22O3.C8H10O2/c1-4-5-6-7-13(16)10-12-11-14(17-2)8-9-15(12)18-3;1-9-7-3-5-8(10-2)6-4-7/h8-9,11H,4-7,10H2,1-3H3;3-6H,1-2H3. The molecule has 5 nitrogen and oxygen atoms in total. The van der Waals surface area contributed by atoms with Crippen molar-refractivity contribution in [1.82, 2.24) is 0 Å². The van der Waals surface area contributed by atoms with E-state index in [1.807, 2.05) is 42.5 Å². The van der Waals surface area contributed by atoms with E-state index in [1.54, 1.807) is 28.4 Å². The summed E-state index contributed by atoms with van der Waals surface area (Å²) in [5, 5.41) is 0. The average molecular weight is 389 g/mol. The van der Waals surface area contributed by atoms with Crippen molar-refractivity contribution in [3.05, 3.63) is 48.0 Å². The highest BCUT2D eigenvalue weighted by molar-refractivity contribution is 5.81. The van der Waals surface area contributed by atoms with E-state index in [0.717, 1.165) is 47.8 Å². The molecule has 0 unspecified atom stereocenters. The largest absolute Gasteiger partial charge is 0.497 e. The van der Waals surface area contributed by atoms with Gasteiger partial charge in [-0.1, -0.05) is 19.8 Å². The van der Waals surface area contributed by atoms with Crippen LogP contribution in [0.2, 0.25) is 0 Å². The Morgan fingerprint density at radius 1 is 0.750 bits per heavy atom. The van der Waals surface area contributed by atoms with Crippen molar-refractivity contribution in [3.8, 4) is 23.0 Å². The summed E-state index contributed by atoms with van der Waals surface area (Å²) in [7, 11) is 6.52. The Kier molecular flexibility index (Phi) is 11.2. The molecule has 0 N–H and O–H groups in total. The van der Waals surface area contributed by atoms with Gasteiger partial charge in [-0.3, -0.25) is 4.79 Å². The molecule has 154 valence electrons. The number of rotatable bonds is 10. The van der Waals surface area contributed by atoms with E-state index < -0.39 is 0 Å². The number of ether oxygens (including phenoxy) is 4. The highest BCUT2D eigenvalue weighted by atomic mass is 16.5. The van der Waals surface area contributed by atoms with Crippen molar-refractivity contribution in [3.63, 3.8) is 0 Å². The van der Waals surface area contributed by atoms with Crippen molar-refractivity contribution in [2.45, 2.75) is 39.0 Å². The molecule has 0 amide bonds. The zero-order valence-electron chi connectivity index (χ0n) is 17.6. The summed E-state index contributed by atoms with van der Waals surface area (Å²) in [6, 6.07) is 13.0. The summed E-state index contributed by atoms with van der Waals surface area (Å²) in [4.78, 5) is 11.9. The minimum atomic E-state index is 0.259. The molecule has 0 saturated heterocycles. The number of carbonyl (C=O) groups is 1. The van der Waals surface area contributed by atoms with Gasteiger partial charge in [-0.2, -0.15) is 0 Å². The van der Waals surface area contributed by atoms with Gasteiger partial charge in [0.1, 0.15) is 28.8 Å². The van der Waals surface area contributed by atoms with Crippen LogP contribution in [0, 0.1) is 0 Å². The summed E-state index contributed by atoms with van der Waals surface area (Å²) in [6.45, 7) is 2.13. The van der Waals surface area contributed by atoms with Crippen LogP contribution in [-0.2, 0) is 11.2 Å². The molecule has 0 bridgehead atoms. The number of unbranched alkanes of at least 4 members (excludes halogenated alkanes) is 2. The van der Waals surface area contributed by atoms with Gasteiger partial charge in [0, 0.05) is 18.4 Å². The maximum atomic E-state index is 11.9. The summed E-state index contributed by atoms with van der Waals surface area (Å²) < 4.78 is 20.3. The molecule has 0 aromatic heterocycles. The molecule has 2 aromatic carbocycles. The number of hydrogen-bond acceptors (Lipinski definition) is 5. The third-order valence-electron chi connectivity index (χ3n) is 4.23. The zero-order valence-corrected chi connectivity index (χ0v) is 17.6. The van der Waals surface area contributed by atoms with Crippen molar-refractivity contribution in [2.75, 3.05) is 28.4 Å². The summed E-state index contributed by atoms with van der Waals surface area (Å²) in [6.07, 6.45) is 4.29. The van der Waals surface area contributed by atoms with E-state index >= 15 is 0 Å². The van der Waals surface area contributed by atoms with Gasteiger partial charge in [0.05, 0.1) is 28.4 Å². The number of hydrogen-bond donors (Lipinski definition) is 0. The van der Waals surface area contributed by atoms with Gasteiger partial charge < -0.3 is 18.9 Å². The molecular weight excluding hydrogens is 356 g/mol. The van der Waals surface area contributed by atoms with Crippen LogP contribution >= 0.6 is 0 Å². The summed E-state index contributed by atoms with van der Waals surface area (Å²) in [5.41, 5.74) is 0.901. The first kappa shape index (κ1) is 23.3. The average Bonchev–Trinajstić information content (AvgIpc) is 2.74. The Hall–Kier alpha value is -2.69. The lowest BCUT2D eigenvalue weighted by Gasteiger charge is -2.09. The zero-order chi connectivity index (χ0) is 20.8. The van der Waals surface area contributed by atoms with E-state index in [9.17, 15) is 4.79 Å². The van der Waals surface area contributed by atoms with E-state index in [-0.39, 0.29) is 5.78 Å². The van der Waals surface area contributed by atoms with Crippen LogP contribution in [0.5, 0.6) is 23.0 Å². The SMILES string of the molecule is CCCCCC(=O)Cc1cc(OC)ccc1OC.COc1ccc(OC)cc1. The first-order chi connectivity index (χ1) is 13.6. The van der Waals surface area contributed by atoms with E-state index in [2.05, 4.69) is 6.92 Å². The second-order valence-electron chi connectivity index (χ2n) is 6.23. The van der Waals surface area contributed by atoms with Gasteiger partial charge in [0.2, 0.25) is 0 Å². The molecule has 2 rings (SSSR count). The van der Waals surface area contributed by atoms with E-state index in [0.29, 0.717) is 12.8 Å². The predicted octanol–water partition coefficient (Wildman–Crippen LogP) is 5.10. The lowest BCUT2D eigenvalue weighted by Crippen LogP contribution is -2.04. The quantitative estimate of drug-likeness (QED) is 0.530. The molecule has 0 aliphatic rings. The first-order valence-electron chi connectivity index (χ1n) is 9.48. The molecule has 28 heavy (non-hydrogen) atoms. The fourth-order valence-electron chi connectivity index (χ4n) is 2.60. The molecule has 0 saturated carbocycles. The van der Waals surface area contributed by atoms with Crippen LogP contribution in [0.25, 0.3) is 0 Å². The van der Waals surface area contributed by atoms with Crippen LogP contribution in [0.3, 0.4) is 0 Å². The number of ketones is 1. The molecular formula is C23H32O5. The van der Waals surface area contributed by atoms with Crippen LogP contribution < -0.4 is 18.9 Å². The minimum Gasteiger partial charge on any atom is -0.497 e. The Labute approximate surface area is 168 Å². The van der Waals surface area contributed by atoms with Crippen molar-refractivity contribution < 1.29 is 23.7 Å². The monoisotopic (exact) mass is 388 g/mol. The third kappa shape index (κ3) is 8.33. The topological polar surface area (TPSA) is 54.0 Å². The highest BCUT2D eigenvalue weighted by Crippen LogP contribution is 2.25. The second-order valence-corrected chi connectivity index (χ2v) is 6.23. The summed E-state index contributed by atoms with van der Waals surface area (Å²) >= 11 is 0. The number of benzene rings is 2. The van der Waals surface area contributed by atoms with Crippen LogP contribution in [0.1, 0.15) is 38.2 Å². The Morgan fingerprint density at radius 2 is 1.29 bits per heavy atom. The van der Waals surface area contributed by atoms with Gasteiger partial charge in [0.15, 0.2) is 0 Å². The molecule has 0 fully saturated rings. The second kappa shape index (κ2) is 13.5. The van der Waals surface area contributed by atoms with Crippen LogP contribution in [0.15, 0.2) is 42.5 Å². The summed E-state index contributed by atoms with van der Waals surface area (Å²) in [5.74, 6) is 3.46. The van der Waals surface area contributed by atoms with Crippen LogP contribution in [-0.4, -0.2) is 34.2 Å². The predicted molar refractivity (Wildman–Crippen MR) is 112 cm³/mol.